The molecule has 0 aliphatic heterocycles. The Balaban J connectivity index is 2.01. The van der Waals surface area contributed by atoms with Crippen molar-refractivity contribution in [3.05, 3.63) is 69.8 Å². The van der Waals surface area contributed by atoms with Crippen LogP contribution in [0.3, 0.4) is 0 Å². The number of hydrogen-bond donors (Lipinski definition) is 0. The molecule has 4 nitrogen and oxygen atoms in total. The fraction of sp³-hybridized carbons (Fsp3) is 0.211. The summed E-state index contributed by atoms with van der Waals surface area (Å²) in [5.74, 6) is 0. The normalized spacial score (nSPS) is 10.6. The average molecular weight is 337 g/mol. The molecule has 0 bridgehead atoms. The van der Waals surface area contributed by atoms with Crippen molar-refractivity contribution in [3.8, 4) is 17.2 Å². The van der Waals surface area contributed by atoms with Crippen LogP contribution in [-0.4, -0.2) is 14.8 Å². The fourth-order valence-electron chi connectivity index (χ4n) is 2.87. The molecule has 0 saturated carbocycles. The Morgan fingerprint density at radius 1 is 1.17 bits per heavy atom. The number of hydrogen-bond acceptors (Lipinski definition) is 3. The molecule has 120 valence electrons. The summed E-state index contributed by atoms with van der Waals surface area (Å²) in [7, 11) is 0. The van der Waals surface area contributed by atoms with Gasteiger partial charge in [-0.2, -0.15) is 10.4 Å². The molecular formula is C19H17ClN4. The molecule has 3 rings (SSSR count). The van der Waals surface area contributed by atoms with Crippen LogP contribution in [0.25, 0.3) is 11.1 Å². The molecule has 24 heavy (non-hydrogen) atoms. The van der Waals surface area contributed by atoms with E-state index in [1.807, 2.05) is 55.8 Å². The third-order valence-electron chi connectivity index (χ3n) is 4.02. The van der Waals surface area contributed by atoms with Gasteiger partial charge in [-0.1, -0.05) is 23.7 Å². The second-order valence-corrected chi connectivity index (χ2v) is 6.19. The topological polar surface area (TPSA) is 54.5 Å². The maximum atomic E-state index is 9.02. The van der Waals surface area contributed by atoms with Gasteiger partial charge in [0.05, 0.1) is 28.5 Å². The van der Waals surface area contributed by atoms with Crippen LogP contribution in [0.4, 0.5) is 0 Å². The molecule has 0 atom stereocenters. The number of rotatable bonds is 3. The first-order valence-electron chi connectivity index (χ1n) is 7.66. The zero-order valence-corrected chi connectivity index (χ0v) is 14.6. The molecule has 5 heteroatoms. The van der Waals surface area contributed by atoms with Gasteiger partial charge in [-0.15, -0.1) is 0 Å². The molecule has 2 heterocycles. The molecule has 0 N–H and O–H groups in total. The maximum Gasteiger partial charge on any atom is 0.101 e. The molecule has 3 aromatic rings. The number of aromatic nitrogens is 3. The highest BCUT2D eigenvalue weighted by Gasteiger charge is 2.15. The van der Waals surface area contributed by atoms with Crippen LogP contribution in [0.15, 0.2) is 36.4 Å². The minimum absolute atomic E-state index is 0.460. The molecule has 0 fully saturated rings. The monoisotopic (exact) mass is 336 g/mol. The van der Waals surface area contributed by atoms with E-state index >= 15 is 0 Å². The summed E-state index contributed by atoms with van der Waals surface area (Å²) in [6, 6.07) is 13.6. The summed E-state index contributed by atoms with van der Waals surface area (Å²) >= 11 is 6.18. The Bertz CT molecular complexity index is 950. The molecule has 0 spiro atoms. The lowest BCUT2D eigenvalue weighted by atomic mass is 10.0. The van der Waals surface area contributed by atoms with Crippen LogP contribution in [0.5, 0.6) is 0 Å². The largest absolute Gasteiger partial charge is 0.263 e. The first-order chi connectivity index (χ1) is 11.5. The minimum atomic E-state index is 0.460. The number of nitriles is 1. The van der Waals surface area contributed by atoms with E-state index in [0.29, 0.717) is 17.1 Å². The van der Waals surface area contributed by atoms with Crippen LogP contribution >= 0.6 is 11.6 Å². The first kappa shape index (κ1) is 16.2. The molecule has 0 aliphatic rings. The second-order valence-electron chi connectivity index (χ2n) is 5.78. The van der Waals surface area contributed by atoms with Crippen molar-refractivity contribution < 1.29 is 0 Å². The van der Waals surface area contributed by atoms with Crippen molar-refractivity contribution in [2.75, 3.05) is 0 Å². The van der Waals surface area contributed by atoms with Crippen molar-refractivity contribution in [3.63, 3.8) is 0 Å². The summed E-state index contributed by atoms with van der Waals surface area (Å²) in [6.45, 7) is 6.62. The summed E-state index contributed by atoms with van der Waals surface area (Å²) in [6.07, 6.45) is 0. The molecule has 2 aromatic heterocycles. The summed E-state index contributed by atoms with van der Waals surface area (Å²) in [5.41, 5.74) is 6.45. The third-order valence-corrected chi connectivity index (χ3v) is 4.33. The Labute approximate surface area is 146 Å². The molecular weight excluding hydrogens is 320 g/mol. The minimum Gasteiger partial charge on any atom is -0.263 e. The lowest BCUT2D eigenvalue weighted by molar-refractivity contribution is 0.646. The zero-order chi connectivity index (χ0) is 17.3. The van der Waals surface area contributed by atoms with Gasteiger partial charge in [-0.25, -0.2) is 0 Å². The number of halogens is 1. The third kappa shape index (κ3) is 3.04. The predicted octanol–water partition coefficient (Wildman–Crippen LogP) is 4.44. The maximum absolute atomic E-state index is 9.02. The molecule has 1 aromatic carbocycles. The molecule has 0 amide bonds. The van der Waals surface area contributed by atoms with Gasteiger partial charge in [0, 0.05) is 17.0 Å². The van der Waals surface area contributed by atoms with Crippen molar-refractivity contribution >= 4 is 11.6 Å². The van der Waals surface area contributed by atoms with E-state index in [1.165, 1.54) is 0 Å². The van der Waals surface area contributed by atoms with Gasteiger partial charge in [0.1, 0.15) is 6.07 Å². The number of benzene rings is 1. The van der Waals surface area contributed by atoms with E-state index in [-0.39, 0.29) is 0 Å². The SMILES string of the molecule is Cc1cccc(Cn2nc(C)c(-c3ccc(C#N)c(Cl)c3)c2C)n1. The van der Waals surface area contributed by atoms with Crippen LogP contribution < -0.4 is 0 Å². The van der Waals surface area contributed by atoms with E-state index in [2.05, 4.69) is 16.2 Å². The van der Waals surface area contributed by atoms with Crippen molar-refractivity contribution in [2.45, 2.75) is 27.3 Å². The fourth-order valence-corrected chi connectivity index (χ4v) is 3.09. The molecule has 0 saturated heterocycles. The molecule has 0 aliphatic carbocycles. The molecule has 0 radical (unpaired) electrons. The highest BCUT2D eigenvalue weighted by molar-refractivity contribution is 6.32. The van der Waals surface area contributed by atoms with Gasteiger partial charge in [0.2, 0.25) is 0 Å². The quantitative estimate of drug-likeness (QED) is 0.710. The van der Waals surface area contributed by atoms with Gasteiger partial charge in [0.25, 0.3) is 0 Å². The number of aryl methyl sites for hydroxylation is 2. The number of pyridine rings is 1. The second kappa shape index (κ2) is 6.46. The zero-order valence-electron chi connectivity index (χ0n) is 13.8. The predicted molar refractivity (Wildman–Crippen MR) is 94.9 cm³/mol. The van der Waals surface area contributed by atoms with Gasteiger partial charge >= 0.3 is 0 Å². The lowest BCUT2D eigenvalue weighted by Gasteiger charge is -2.07. The Hall–Kier alpha value is -2.64. The highest BCUT2D eigenvalue weighted by Crippen LogP contribution is 2.30. The highest BCUT2D eigenvalue weighted by atomic mass is 35.5. The smallest absolute Gasteiger partial charge is 0.101 e. The van der Waals surface area contributed by atoms with E-state index in [1.54, 1.807) is 6.07 Å². The Morgan fingerprint density at radius 2 is 1.96 bits per heavy atom. The van der Waals surface area contributed by atoms with Crippen molar-refractivity contribution in [1.82, 2.24) is 14.8 Å². The number of nitrogens with zero attached hydrogens (tertiary/aromatic N) is 4. The van der Waals surface area contributed by atoms with Gasteiger partial charge < -0.3 is 0 Å². The van der Waals surface area contributed by atoms with Crippen LogP contribution in [0.2, 0.25) is 5.02 Å². The lowest BCUT2D eigenvalue weighted by Crippen LogP contribution is -2.06. The van der Waals surface area contributed by atoms with Crippen LogP contribution in [-0.2, 0) is 6.54 Å². The summed E-state index contributed by atoms with van der Waals surface area (Å²) < 4.78 is 1.96. The molecule has 0 unspecified atom stereocenters. The summed E-state index contributed by atoms with van der Waals surface area (Å²) in [5, 5.41) is 14.1. The van der Waals surface area contributed by atoms with Crippen LogP contribution in [0, 0.1) is 32.1 Å². The summed E-state index contributed by atoms with van der Waals surface area (Å²) in [4.78, 5) is 4.54. The van der Waals surface area contributed by atoms with Crippen molar-refractivity contribution in [2.24, 2.45) is 0 Å². The average Bonchev–Trinajstić information content (AvgIpc) is 2.81. The van der Waals surface area contributed by atoms with E-state index in [0.717, 1.165) is 33.9 Å². The van der Waals surface area contributed by atoms with Gasteiger partial charge in [0.15, 0.2) is 0 Å². The van der Waals surface area contributed by atoms with Gasteiger partial charge in [-0.05, 0) is 50.6 Å². The van der Waals surface area contributed by atoms with E-state index < -0.39 is 0 Å². The van der Waals surface area contributed by atoms with E-state index in [9.17, 15) is 0 Å². The van der Waals surface area contributed by atoms with Crippen molar-refractivity contribution in [1.29, 1.82) is 5.26 Å². The van der Waals surface area contributed by atoms with Gasteiger partial charge in [-0.3, -0.25) is 9.67 Å². The van der Waals surface area contributed by atoms with Crippen LogP contribution in [0.1, 0.15) is 28.3 Å². The Kier molecular flexibility index (Phi) is 4.37. The Morgan fingerprint density at radius 3 is 2.62 bits per heavy atom. The van der Waals surface area contributed by atoms with E-state index in [4.69, 9.17) is 16.9 Å². The standard InChI is InChI=1S/C19H17ClN4/c1-12-5-4-6-17(22-12)11-24-14(3)19(13(2)23-24)15-7-8-16(10-21)18(20)9-15/h4-9H,11H2,1-3H3. The first-order valence-corrected chi connectivity index (χ1v) is 8.04.